The minimum absolute atomic E-state index is 0.614. The highest BCUT2D eigenvalue weighted by atomic mass is 16.3. The van der Waals surface area contributed by atoms with Crippen LogP contribution in [0.5, 0.6) is 0 Å². The van der Waals surface area contributed by atoms with Gasteiger partial charge >= 0.3 is 0 Å². The molecule has 0 aliphatic rings. The molecular formula is C28H36N4O2+2. The largest absolute Gasteiger partial charge is 0.380 e. The molecule has 2 aromatic carbocycles. The van der Waals surface area contributed by atoms with E-state index in [1.807, 2.05) is 90.1 Å². The highest BCUT2D eigenvalue weighted by Crippen LogP contribution is 2.22. The van der Waals surface area contributed by atoms with Crippen molar-refractivity contribution in [2.24, 2.45) is 14.1 Å². The molecule has 0 saturated carbocycles. The molecule has 0 spiro atoms. The van der Waals surface area contributed by atoms with Crippen LogP contribution in [0.2, 0.25) is 0 Å². The van der Waals surface area contributed by atoms with Gasteiger partial charge < -0.3 is 10.2 Å². The maximum absolute atomic E-state index is 10.8. The van der Waals surface area contributed by atoms with Crippen LogP contribution in [0.25, 0.3) is 0 Å². The van der Waals surface area contributed by atoms with E-state index in [0.717, 1.165) is 61.3 Å². The van der Waals surface area contributed by atoms with Crippen molar-refractivity contribution in [3.63, 3.8) is 0 Å². The highest BCUT2D eigenvalue weighted by Gasteiger charge is 2.22. The van der Waals surface area contributed by atoms with Gasteiger partial charge in [-0.1, -0.05) is 60.7 Å². The Bertz CT molecular complexity index is 1170. The summed E-state index contributed by atoms with van der Waals surface area (Å²) < 4.78 is 8.35. The molecule has 2 heterocycles. The van der Waals surface area contributed by atoms with Crippen LogP contribution < -0.4 is 9.13 Å². The van der Waals surface area contributed by atoms with Gasteiger partial charge in [-0.3, -0.25) is 0 Å². The van der Waals surface area contributed by atoms with Crippen molar-refractivity contribution >= 4 is 0 Å². The summed E-state index contributed by atoms with van der Waals surface area (Å²) in [7, 11) is 3.98. The molecule has 0 fully saturated rings. The lowest BCUT2D eigenvalue weighted by atomic mass is 10.1. The van der Waals surface area contributed by atoms with Crippen LogP contribution in [0.15, 0.2) is 85.7 Å². The number of unbranched alkanes of at least 4 members (excludes halogenated alkanes) is 3. The molecule has 0 bridgehead atoms. The number of imidazole rings is 2. The summed E-state index contributed by atoms with van der Waals surface area (Å²) in [6, 6.07) is 19.6. The fourth-order valence-corrected chi connectivity index (χ4v) is 4.53. The zero-order chi connectivity index (χ0) is 23.9. The molecule has 34 heavy (non-hydrogen) atoms. The van der Waals surface area contributed by atoms with Crippen molar-refractivity contribution in [1.29, 1.82) is 0 Å². The monoisotopic (exact) mass is 460 g/mol. The first kappa shape index (κ1) is 23.9. The second-order valence-corrected chi connectivity index (χ2v) is 9.09. The summed E-state index contributed by atoms with van der Waals surface area (Å²) in [6.45, 7) is 1.83. The predicted octanol–water partition coefficient (Wildman–Crippen LogP) is 3.36. The molecule has 0 aliphatic carbocycles. The molecule has 0 amide bonds. The van der Waals surface area contributed by atoms with Gasteiger partial charge in [0.15, 0.2) is 11.4 Å². The molecule has 2 aromatic heterocycles. The second kappa shape index (κ2) is 11.3. The number of hydrogen-bond acceptors (Lipinski definition) is 2. The molecule has 2 N–H and O–H groups in total. The number of aliphatic hydroxyl groups is 2. The minimum atomic E-state index is -0.615. The molecule has 0 unspecified atom stereocenters. The summed E-state index contributed by atoms with van der Waals surface area (Å²) in [5, 5.41) is 21.5. The molecule has 0 aliphatic heterocycles. The maximum atomic E-state index is 10.8. The van der Waals surface area contributed by atoms with Crippen LogP contribution in [0.1, 0.15) is 60.4 Å². The van der Waals surface area contributed by atoms with E-state index in [4.69, 9.17) is 0 Å². The van der Waals surface area contributed by atoms with Gasteiger partial charge in [-0.2, -0.15) is 0 Å². The Hall–Kier alpha value is -3.22. The zero-order valence-electron chi connectivity index (χ0n) is 20.2. The fourth-order valence-electron chi connectivity index (χ4n) is 4.53. The van der Waals surface area contributed by atoms with E-state index in [0.29, 0.717) is 0 Å². The third-order valence-corrected chi connectivity index (χ3v) is 6.37. The zero-order valence-corrected chi connectivity index (χ0v) is 20.2. The quantitative estimate of drug-likeness (QED) is 0.266. The molecule has 4 rings (SSSR count). The average molecular weight is 461 g/mol. The van der Waals surface area contributed by atoms with Gasteiger partial charge in [-0.15, -0.1) is 0 Å². The Morgan fingerprint density at radius 1 is 0.735 bits per heavy atom. The van der Waals surface area contributed by atoms with Gasteiger partial charge in [0.1, 0.15) is 24.6 Å². The first-order valence-electron chi connectivity index (χ1n) is 12.1. The van der Waals surface area contributed by atoms with E-state index >= 15 is 0 Å². The van der Waals surface area contributed by atoms with Gasteiger partial charge in [-0.25, -0.2) is 18.3 Å². The van der Waals surface area contributed by atoms with Crippen LogP contribution in [0, 0.1) is 0 Å². The Kier molecular flexibility index (Phi) is 7.93. The molecule has 6 heteroatoms. The Labute approximate surface area is 202 Å². The van der Waals surface area contributed by atoms with E-state index in [-0.39, 0.29) is 0 Å². The number of aliphatic hydroxyl groups excluding tert-OH is 2. The van der Waals surface area contributed by atoms with E-state index in [9.17, 15) is 10.2 Å². The average Bonchev–Trinajstić information content (AvgIpc) is 3.43. The summed E-state index contributed by atoms with van der Waals surface area (Å²) in [5.41, 5.74) is 3.65. The second-order valence-electron chi connectivity index (χ2n) is 9.09. The lowest BCUT2D eigenvalue weighted by molar-refractivity contribution is -0.697. The lowest BCUT2D eigenvalue weighted by Gasteiger charge is -2.09. The Morgan fingerprint density at radius 2 is 1.32 bits per heavy atom. The topological polar surface area (TPSA) is 58.1 Å². The molecule has 4 aromatic rings. The summed E-state index contributed by atoms with van der Waals surface area (Å²) >= 11 is 0. The SMILES string of the molecule is Cn1c[n+](CCCCCCn2c[n+](C)cc2[C@@H](O)c2ccccc2)cc1[C@@H](O)c1ccccc1. The number of nitrogens with zero attached hydrogens (tertiary/aromatic N) is 4. The maximum Gasteiger partial charge on any atom is 0.243 e. The number of benzene rings is 2. The van der Waals surface area contributed by atoms with Gasteiger partial charge in [0.05, 0.1) is 27.2 Å². The van der Waals surface area contributed by atoms with Crippen LogP contribution >= 0.6 is 0 Å². The lowest BCUT2D eigenvalue weighted by Crippen LogP contribution is -2.30. The molecular weight excluding hydrogens is 424 g/mol. The van der Waals surface area contributed by atoms with Crippen molar-refractivity contribution < 1.29 is 19.3 Å². The number of aryl methyl sites for hydroxylation is 4. The standard InChI is InChI=1S/C28H36N4O2/c1-29-19-26(28(34)24-15-9-6-10-16-24)32(21-29)18-12-4-3-11-17-31-20-25(30(2)22-31)27(33)23-13-7-5-8-14-23/h5-10,13-16,19-22,27-28,33-34H,3-4,11-12,17-18H2,1-2H3/q+2/t27-,28-/m0/s1. The normalized spacial score (nSPS) is 13.2. The molecule has 178 valence electrons. The van der Waals surface area contributed by atoms with Crippen molar-refractivity contribution in [1.82, 2.24) is 9.13 Å². The predicted molar refractivity (Wildman–Crippen MR) is 131 cm³/mol. The van der Waals surface area contributed by atoms with Crippen molar-refractivity contribution in [2.45, 2.75) is 51.0 Å². The highest BCUT2D eigenvalue weighted by molar-refractivity contribution is 5.25. The summed E-state index contributed by atoms with van der Waals surface area (Å²) in [4.78, 5) is 0. The fraction of sp³-hybridized carbons (Fsp3) is 0.357. The van der Waals surface area contributed by atoms with E-state index in [1.54, 1.807) is 0 Å². The molecule has 0 saturated heterocycles. The van der Waals surface area contributed by atoms with Crippen LogP contribution in [0.3, 0.4) is 0 Å². The van der Waals surface area contributed by atoms with Crippen molar-refractivity contribution in [2.75, 3.05) is 0 Å². The Balaban J connectivity index is 1.24. The van der Waals surface area contributed by atoms with Gasteiger partial charge in [0, 0.05) is 0 Å². The van der Waals surface area contributed by atoms with Crippen molar-refractivity contribution in [3.8, 4) is 0 Å². The smallest absolute Gasteiger partial charge is 0.243 e. The van der Waals surface area contributed by atoms with Gasteiger partial charge in [-0.05, 0) is 36.8 Å². The third kappa shape index (κ3) is 5.82. The first-order valence-corrected chi connectivity index (χ1v) is 12.1. The molecule has 0 radical (unpaired) electrons. The first-order chi connectivity index (χ1) is 16.5. The van der Waals surface area contributed by atoms with E-state index in [1.165, 1.54) is 0 Å². The number of rotatable bonds is 11. The third-order valence-electron chi connectivity index (χ3n) is 6.37. The number of hydrogen-bond donors (Lipinski definition) is 2. The van der Waals surface area contributed by atoms with Gasteiger partial charge in [0.25, 0.3) is 0 Å². The van der Waals surface area contributed by atoms with Crippen LogP contribution in [-0.4, -0.2) is 19.3 Å². The molecule has 6 nitrogen and oxygen atoms in total. The van der Waals surface area contributed by atoms with E-state index in [2.05, 4.69) is 28.0 Å². The van der Waals surface area contributed by atoms with E-state index < -0.39 is 12.2 Å². The minimum Gasteiger partial charge on any atom is -0.380 e. The summed E-state index contributed by atoms with van der Waals surface area (Å²) in [6.07, 6.45) is 11.4. The Morgan fingerprint density at radius 3 is 1.97 bits per heavy atom. The molecule has 2 atom stereocenters. The van der Waals surface area contributed by atoms with Crippen LogP contribution in [0.4, 0.5) is 0 Å². The number of aromatic nitrogens is 4. The summed E-state index contributed by atoms with van der Waals surface area (Å²) in [5.74, 6) is 0. The van der Waals surface area contributed by atoms with Crippen LogP contribution in [-0.2, 0) is 27.2 Å². The van der Waals surface area contributed by atoms with Crippen molar-refractivity contribution in [3.05, 3.63) is 108 Å². The van der Waals surface area contributed by atoms with Gasteiger partial charge in [0.2, 0.25) is 12.7 Å².